The van der Waals surface area contributed by atoms with E-state index in [2.05, 4.69) is 30.9 Å². The molecule has 5 heteroatoms. The van der Waals surface area contributed by atoms with Crippen molar-refractivity contribution in [1.82, 2.24) is 15.0 Å². The normalized spacial score (nSPS) is 10.7. The number of aromatic nitrogens is 3. The highest BCUT2D eigenvalue weighted by molar-refractivity contribution is 9.10. The third kappa shape index (κ3) is 1.82. The predicted octanol–water partition coefficient (Wildman–Crippen LogP) is 3.04. The molecule has 0 spiro atoms. The molecule has 0 amide bonds. The van der Waals surface area contributed by atoms with Crippen LogP contribution in [0.15, 0.2) is 47.3 Å². The van der Waals surface area contributed by atoms with E-state index in [9.17, 15) is 0 Å². The lowest BCUT2D eigenvalue weighted by Crippen LogP contribution is -1.97. The van der Waals surface area contributed by atoms with Gasteiger partial charge >= 0.3 is 0 Å². The van der Waals surface area contributed by atoms with Gasteiger partial charge in [-0.15, -0.1) is 0 Å². The highest BCUT2D eigenvalue weighted by Crippen LogP contribution is 2.26. The summed E-state index contributed by atoms with van der Waals surface area (Å²) in [7, 11) is 0. The van der Waals surface area contributed by atoms with Crippen molar-refractivity contribution >= 4 is 32.5 Å². The first-order valence-electron chi connectivity index (χ1n) is 5.37. The summed E-state index contributed by atoms with van der Waals surface area (Å²) in [6, 6.07) is 7.99. The minimum Gasteiger partial charge on any atom is -0.383 e. The molecule has 18 heavy (non-hydrogen) atoms. The van der Waals surface area contributed by atoms with E-state index in [1.807, 2.05) is 30.5 Å². The molecule has 0 saturated heterocycles. The number of hydrogen-bond acceptors (Lipinski definition) is 4. The molecule has 0 aliphatic heterocycles. The van der Waals surface area contributed by atoms with Crippen molar-refractivity contribution in [2.75, 3.05) is 5.73 Å². The number of hydrogen-bond donors (Lipinski definition) is 1. The number of anilines is 1. The Balaban J connectivity index is 2.28. The second-order valence-corrected chi connectivity index (χ2v) is 4.69. The van der Waals surface area contributed by atoms with E-state index < -0.39 is 0 Å². The van der Waals surface area contributed by atoms with Crippen molar-refractivity contribution in [2.45, 2.75) is 0 Å². The summed E-state index contributed by atoms with van der Waals surface area (Å²) in [5.74, 6) is 1.01. The highest BCUT2D eigenvalue weighted by Gasteiger charge is 2.08. The molecule has 4 nitrogen and oxygen atoms in total. The maximum absolute atomic E-state index is 5.78. The summed E-state index contributed by atoms with van der Waals surface area (Å²) in [4.78, 5) is 12.8. The predicted molar refractivity (Wildman–Crippen MR) is 74.9 cm³/mol. The number of nitrogens with zero attached hydrogens (tertiary/aromatic N) is 3. The van der Waals surface area contributed by atoms with E-state index in [1.54, 1.807) is 12.4 Å². The van der Waals surface area contributed by atoms with Crippen LogP contribution in [0.1, 0.15) is 0 Å². The molecule has 0 bridgehead atoms. The maximum Gasteiger partial charge on any atom is 0.163 e. The molecule has 0 aliphatic carbocycles. The van der Waals surface area contributed by atoms with Crippen molar-refractivity contribution in [1.29, 1.82) is 0 Å². The van der Waals surface area contributed by atoms with Crippen LogP contribution in [0.2, 0.25) is 0 Å². The first-order chi connectivity index (χ1) is 8.75. The lowest BCUT2D eigenvalue weighted by atomic mass is 10.1. The van der Waals surface area contributed by atoms with Gasteiger partial charge in [-0.25, -0.2) is 9.97 Å². The SMILES string of the molecule is Nc1nc(-c2cncc3ccccc23)ncc1Br. The highest BCUT2D eigenvalue weighted by atomic mass is 79.9. The molecule has 88 valence electrons. The van der Waals surface area contributed by atoms with Crippen LogP contribution in [0, 0.1) is 0 Å². The van der Waals surface area contributed by atoms with Gasteiger partial charge in [-0.05, 0) is 21.3 Å². The van der Waals surface area contributed by atoms with Crippen molar-refractivity contribution in [3.05, 3.63) is 47.3 Å². The molecular formula is C13H9BrN4. The van der Waals surface area contributed by atoms with Crippen LogP contribution < -0.4 is 5.73 Å². The van der Waals surface area contributed by atoms with Crippen molar-refractivity contribution in [3.8, 4) is 11.4 Å². The minimum absolute atomic E-state index is 0.424. The summed E-state index contributed by atoms with van der Waals surface area (Å²) in [6.45, 7) is 0. The van der Waals surface area contributed by atoms with E-state index in [-0.39, 0.29) is 0 Å². The van der Waals surface area contributed by atoms with Gasteiger partial charge in [0, 0.05) is 29.5 Å². The molecule has 0 unspecified atom stereocenters. The quantitative estimate of drug-likeness (QED) is 0.750. The molecule has 2 aromatic heterocycles. The maximum atomic E-state index is 5.78. The number of rotatable bonds is 1. The van der Waals surface area contributed by atoms with Gasteiger partial charge in [-0.3, -0.25) is 4.98 Å². The number of pyridine rings is 1. The Morgan fingerprint density at radius 2 is 1.89 bits per heavy atom. The van der Waals surface area contributed by atoms with Crippen LogP contribution in [0.5, 0.6) is 0 Å². The second kappa shape index (κ2) is 4.34. The van der Waals surface area contributed by atoms with Crippen molar-refractivity contribution in [2.24, 2.45) is 0 Å². The van der Waals surface area contributed by atoms with Crippen LogP contribution >= 0.6 is 15.9 Å². The molecule has 2 N–H and O–H groups in total. The molecule has 1 aromatic carbocycles. The van der Waals surface area contributed by atoms with Gasteiger partial charge in [0.1, 0.15) is 5.82 Å². The lowest BCUT2D eigenvalue weighted by Gasteiger charge is -2.05. The van der Waals surface area contributed by atoms with Gasteiger partial charge in [-0.2, -0.15) is 0 Å². The van der Waals surface area contributed by atoms with E-state index in [4.69, 9.17) is 5.73 Å². The fourth-order valence-electron chi connectivity index (χ4n) is 1.80. The summed E-state index contributed by atoms with van der Waals surface area (Å²) in [5.41, 5.74) is 6.67. The zero-order valence-electron chi connectivity index (χ0n) is 9.34. The number of nitrogen functional groups attached to an aromatic ring is 1. The van der Waals surface area contributed by atoms with Crippen LogP contribution in [-0.2, 0) is 0 Å². The molecular weight excluding hydrogens is 292 g/mol. The fraction of sp³-hybridized carbons (Fsp3) is 0. The molecule has 0 fully saturated rings. The standard InChI is InChI=1S/C13H9BrN4/c14-11-7-17-13(18-12(11)15)10-6-16-5-8-3-1-2-4-9(8)10/h1-7H,(H2,15,17,18). The van der Waals surface area contributed by atoms with E-state index in [0.29, 0.717) is 16.1 Å². The summed E-state index contributed by atoms with van der Waals surface area (Å²) in [6.07, 6.45) is 5.23. The Hall–Kier alpha value is -2.01. The smallest absolute Gasteiger partial charge is 0.163 e. The summed E-state index contributed by atoms with van der Waals surface area (Å²) >= 11 is 3.29. The van der Waals surface area contributed by atoms with Crippen molar-refractivity contribution < 1.29 is 0 Å². The Labute approximate surface area is 112 Å². The third-order valence-electron chi connectivity index (χ3n) is 2.68. The molecule has 0 atom stereocenters. The lowest BCUT2D eigenvalue weighted by molar-refractivity contribution is 1.17. The number of fused-ring (bicyclic) bond motifs is 1. The molecule has 3 rings (SSSR count). The molecule has 2 heterocycles. The molecule has 3 aromatic rings. The Morgan fingerprint density at radius 3 is 2.72 bits per heavy atom. The first kappa shape index (κ1) is 11.1. The first-order valence-corrected chi connectivity index (χ1v) is 6.16. The van der Waals surface area contributed by atoms with Gasteiger partial charge in [0.2, 0.25) is 0 Å². The fourth-order valence-corrected chi connectivity index (χ4v) is 2.00. The second-order valence-electron chi connectivity index (χ2n) is 3.83. The summed E-state index contributed by atoms with van der Waals surface area (Å²) in [5, 5.41) is 2.12. The zero-order valence-corrected chi connectivity index (χ0v) is 10.9. The number of halogens is 1. The average Bonchev–Trinajstić information content (AvgIpc) is 2.41. The number of benzene rings is 1. The average molecular weight is 301 g/mol. The van der Waals surface area contributed by atoms with Gasteiger partial charge in [0.15, 0.2) is 5.82 Å². The summed E-state index contributed by atoms with van der Waals surface area (Å²) < 4.78 is 0.694. The van der Waals surface area contributed by atoms with E-state index in [0.717, 1.165) is 16.3 Å². The topological polar surface area (TPSA) is 64.7 Å². The van der Waals surface area contributed by atoms with Crippen LogP contribution in [0.3, 0.4) is 0 Å². The van der Waals surface area contributed by atoms with Gasteiger partial charge in [0.25, 0.3) is 0 Å². The monoisotopic (exact) mass is 300 g/mol. The Kier molecular flexibility index (Phi) is 2.68. The van der Waals surface area contributed by atoms with Gasteiger partial charge in [0.05, 0.1) is 4.47 Å². The zero-order chi connectivity index (χ0) is 12.5. The number of nitrogens with two attached hydrogens (primary N) is 1. The molecule has 0 saturated carbocycles. The van der Waals surface area contributed by atoms with E-state index in [1.165, 1.54) is 0 Å². The van der Waals surface area contributed by atoms with E-state index >= 15 is 0 Å². The van der Waals surface area contributed by atoms with Crippen LogP contribution in [0.25, 0.3) is 22.2 Å². The van der Waals surface area contributed by atoms with Gasteiger partial charge in [-0.1, -0.05) is 24.3 Å². The van der Waals surface area contributed by atoms with Gasteiger partial charge < -0.3 is 5.73 Å². The molecule has 0 radical (unpaired) electrons. The largest absolute Gasteiger partial charge is 0.383 e. The minimum atomic E-state index is 0.424. The van der Waals surface area contributed by atoms with Crippen molar-refractivity contribution in [3.63, 3.8) is 0 Å². The van der Waals surface area contributed by atoms with Crippen LogP contribution in [-0.4, -0.2) is 15.0 Å². The van der Waals surface area contributed by atoms with Crippen LogP contribution in [0.4, 0.5) is 5.82 Å². The Morgan fingerprint density at radius 1 is 1.06 bits per heavy atom. The molecule has 0 aliphatic rings. The third-order valence-corrected chi connectivity index (χ3v) is 3.29. The Bertz CT molecular complexity index is 722.